The summed E-state index contributed by atoms with van der Waals surface area (Å²) in [5, 5.41) is 9.02. The Kier molecular flexibility index (Phi) is 4.04. The summed E-state index contributed by atoms with van der Waals surface area (Å²) < 4.78 is 26.6. The maximum atomic E-state index is 11.9. The third-order valence-corrected chi connectivity index (χ3v) is 4.68. The van der Waals surface area contributed by atoms with E-state index in [1.807, 2.05) is 0 Å². The van der Waals surface area contributed by atoms with Crippen LogP contribution in [0.15, 0.2) is 24.3 Å². The van der Waals surface area contributed by atoms with Crippen molar-refractivity contribution in [2.24, 2.45) is 5.92 Å². The average Bonchev–Trinajstić information content (AvgIpc) is 3.06. The molecular formula is C13H19NO3S. The van der Waals surface area contributed by atoms with Gasteiger partial charge >= 0.3 is 0 Å². The first-order chi connectivity index (χ1) is 8.54. The first kappa shape index (κ1) is 13.5. The SMILES string of the molecule is CCC1CC1NS(=O)(=O)Cc1cccc(CO)c1. The van der Waals surface area contributed by atoms with E-state index in [0.717, 1.165) is 18.4 Å². The van der Waals surface area contributed by atoms with E-state index in [2.05, 4.69) is 11.6 Å². The lowest BCUT2D eigenvalue weighted by molar-refractivity contribution is 0.282. The fourth-order valence-electron chi connectivity index (χ4n) is 2.15. The van der Waals surface area contributed by atoms with E-state index in [9.17, 15) is 8.42 Å². The largest absolute Gasteiger partial charge is 0.392 e. The molecule has 0 spiro atoms. The molecule has 0 bridgehead atoms. The normalized spacial score (nSPS) is 23.0. The minimum absolute atomic E-state index is 0.0201. The van der Waals surface area contributed by atoms with Gasteiger partial charge in [-0.05, 0) is 23.5 Å². The van der Waals surface area contributed by atoms with Gasteiger partial charge in [0.05, 0.1) is 12.4 Å². The lowest BCUT2D eigenvalue weighted by Gasteiger charge is -2.07. The zero-order valence-corrected chi connectivity index (χ0v) is 11.3. The van der Waals surface area contributed by atoms with Crippen LogP contribution in [0.2, 0.25) is 0 Å². The van der Waals surface area contributed by atoms with Crippen molar-refractivity contribution >= 4 is 10.0 Å². The van der Waals surface area contributed by atoms with E-state index >= 15 is 0 Å². The summed E-state index contributed by atoms with van der Waals surface area (Å²) in [6.45, 7) is 2.01. The molecule has 0 saturated heterocycles. The molecule has 5 heteroatoms. The Morgan fingerprint density at radius 2 is 2.11 bits per heavy atom. The minimum atomic E-state index is -3.27. The molecule has 0 amide bonds. The second-order valence-electron chi connectivity index (χ2n) is 4.87. The topological polar surface area (TPSA) is 66.4 Å². The number of sulfonamides is 1. The smallest absolute Gasteiger partial charge is 0.216 e. The molecule has 1 aromatic rings. The van der Waals surface area contributed by atoms with Crippen LogP contribution in [0.25, 0.3) is 0 Å². The summed E-state index contributed by atoms with van der Waals surface area (Å²) in [5.74, 6) is 0.483. The molecule has 0 aliphatic heterocycles. The number of aliphatic hydroxyl groups excluding tert-OH is 1. The summed E-state index contributed by atoms with van der Waals surface area (Å²) in [6, 6.07) is 7.16. The van der Waals surface area contributed by atoms with Crippen molar-refractivity contribution in [3.8, 4) is 0 Å². The number of hydrogen-bond acceptors (Lipinski definition) is 3. The molecule has 18 heavy (non-hydrogen) atoms. The van der Waals surface area contributed by atoms with Gasteiger partial charge in [-0.25, -0.2) is 13.1 Å². The number of nitrogens with one attached hydrogen (secondary N) is 1. The van der Waals surface area contributed by atoms with Gasteiger partial charge in [0, 0.05) is 6.04 Å². The van der Waals surface area contributed by atoms with Gasteiger partial charge in [-0.3, -0.25) is 0 Å². The highest BCUT2D eigenvalue weighted by Crippen LogP contribution is 2.33. The van der Waals surface area contributed by atoms with E-state index in [0.29, 0.717) is 11.5 Å². The van der Waals surface area contributed by atoms with Crippen molar-refractivity contribution in [3.05, 3.63) is 35.4 Å². The molecule has 2 rings (SSSR count). The number of aliphatic hydroxyl groups is 1. The lowest BCUT2D eigenvalue weighted by atomic mass is 10.1. The molecule has 1 aliphatic carbocycles. The van der Waals surface area contributed by atoms with Crippen LogP contribution >= 0.6 is 0 Å². The van der Waals surface area contributed by atoms with Gasteiger partial charge in [-0.2, -0.15) is 0 Å². The van der Waals surface area contributed by atoms with E-state index in [4.69, 9.17) is 5.11 Å². The predicted octanol–water partition coefficient (Wildman–Crippen LogP) is 1.40. The standard InChI is InChI=1S/C13H19NO3S/c1-2-12-7-13(12)14-18(16,17)9-11-5-3-4-10(6-11)8-15/h3-6,12-15H,2,7-9H2,1H3. The molecule has 2 atom stereocenters. The molecule has 1 fully saturated rings. The summed E-state index contributed by atoms with van der Waals surface area (Å²) >= 11 is 0. The lowest BCUT2D eigenvalue weighted by Crippen LogP contribution is -2.28. The second-order valence-corrected chi connectivity index (χ2v) is 6.62. The van der Waals surface area contributed by atoms with Crippen molar-refractivity contribution in [1.29, 1.82) is 0 Å². The molecule has 1 aromatic carbocycles. The number of rotatable bonds is 6. The van der Waals surface area contributed by atoms with Gasteiger partial charge in [-0.1, -0.05) is 37.6 Å². The third-order valence-electron chi connectivity index (χ3n) is 3.31. The van der Waals surface area contributed by atoms with Crippen molar-refractivity contribution in [3.63, 3.8) is 0 Å². The monoisotopic (exact) mass is 269 g/mol. The Morgan fingerprint density at radius 1 is 1.39 bits per heavy atom. The highest BCUT2D eigenvalue weighted by molar-refractivity contribution is 7.88. The van der Waals surface area contributed by atoms with Crippen LogP contribution in [0, 0.1) is 5.92 Å². The molecule has 100 valence electrons. The van der Waals surface area contributed by atoms with Crippen LogP contribution in [0.3, 0.4) is 0 Å². The van der Waals surface area contributed by atoms with Gasteiger partial charge in [-0.15, -0.1) is 0 Å². The number of benzene rings is 1. The van der Waals surface area contributed by atoms with Crippen LogP contribution < -0.4 is 4.72 Å². The summed E-state index contributed by atoms with van der Waals surface area (Å²) in [5.41, 5.74) is 1.45. The molecule has 4 nitrogen and oxygen atoms in total. The zero-order valence-electron chi connectivity index (χ0n) is 10.5. The van der Waals surface area contributed by atoms with Crippen molar-refractivity contribution in [1.82, 2.24) is 4.72 Å². The average molecular weight is 269 g/mol. The number of hydrogen-bond donors (Lipinski definition) is 2. The maximum Gasteiger partial charge on any atom is 0.216 e. The van der Waals surface area contributed by atoms with E-state index < -0.39 is 10.0 Å². The maximum absolute atomic E-state index is 11.9. The van der Waals surface area contributed by atoms with Crippen LogP contribution in [0.5, 0.6) is 0 Å². The van der Waals surface area contributed by atoms with Crippen LogP contribution in [-0.4, -0.2) is 19.6 Å². The summed E-state index contributed by atoms with van der Waals surface area (Å²) in [7, 11) is -3.27. The van der Waals surface area contributed by atoms with Crippen LogP contribution in [-0.2, 0) is 22.4 Å². The molecule has 0 aromatic heterocycles. The van der Waals surface area contributed by atoms with Crippen molar-refractivity contribution in [2.75, 3.05) is 0 Å². The Morgan fingerprint density at radius 3 is 2.72 bits per heavy atom. The quantitative estimate of drug-likeness (QED) is 0.820. The van der Waals surface area contributed by atoms with Gasteiger partial charge in [0.2, 0.25) is 10.0 Å². The summed E-state index contributed by atoms with van der Waals surface area (Å²) in [6.07, 6.45) is 1.97. The van der Waals surface area contributed by atoms with E-state index in [1.165, 1.54) is 0 Å². The van der Waals surface area contributed by atoms with Gasteiger partial charge in [0.25, 0.3) is 0 Å². The van der Waals surface area contributed by atoms with E-state index in [-0.39, 0.29) is 18.4 Å². The molecule has 2 N–H and O–H groups in total. The van der Waals surface area contributed by atoms with Crippen molar-refractivity contribution < 1.29 is 13.5 Å². The molecule has 1 aliphatic rings. The fraction of sp³-hybridized carbons (Fsp3) is 0.538. The Labute approximate surface area is 108 Å². The molecule has 2 unspecified atom stereocenters. The van der Waals surface area contributed by atoms with Crippen molar-refractivity contribution in [2.45, 2.75) is 38.2 Å². The van der Waals surface area contributed by atoms with Gasteiger partial charge < -0.3 is 5.11 Å². The highest BCUT2D eigenvalue weighted by Gasteiger charge is 2.38. The Bertz CT molecular complexity index is 513. The third kappa shape index (κ3) is 3.54. The van der Waals surface area contributed by atoms with Crippen LogP contribution in [0.4, 0.5) is 0 Å². The molecule has 0 heterocycles. The fourth-order valence-corrected chi connectivity index (χ4v) is 3.60. The summed E-state index contributed by atoms with van der Waals surface area (Å²) in [4.78, 5) is 0. The molecular weight excluding hydrogens is 250 g/mol. The van der Waals surface area contributed by atoms with Crippen LogP contribution in [0.1, 0.15) is 30.9 Å². The highest BCUT2D eigenvalue weighted by atomic mass is 32.2. The predicted molar refractivity (Wildman–Crippen MR) is 70.3 cm³/mol. The Hall–Kier alpha value is -0.910. The van der Waals surface area contributed by atoms with Gasteiger partial charge in [0.15, 0.2) is 0 Å². The van der Waals surface area contributed by atoms with Gasteiger partial charge in [0.1, 0.15) is 0 Å². The van der Waals surface area contributed by atoms with E-state index in [1.54, 1.807) is 24.3 Å². The Balaban J connectivity index is 1.99. The first-order valence-electron chi connectivity index (χ1n) is 6.22. The molecule has 1 saturated carbocycles. The second kappa shape index (κ2) is 5.38. The zero-order chi connectivity index (χ0) is 13.2. The minimum Gasteiger partial charge on any atom is -0.392 e. The molecule has 0 radical (unpaired) electrons. The first-order valence-corrected chi connectivity index (χ1v) is 7.88.